The number of aldehydes is 1. The highest BCUT2D eigenvalue weighted by Crippen LogP contribution is 2.01. The molecule has 0 saturated heterocycles. The standard InChI is InChI=1S/C6H13NO5.ClH/c7-3(1-8)5(11)6(12)4(10)2-9;/h1,3-6,9-12H,2,7H2;1H/t3-,4+,5+,6+;/m1./s1. The van der Waals surface area contributed by atoms with Crippen molar-refractivity contribution in [3.8, 4) is 0 Å². The molecule has 0 aromatic carbocycles. The number of aliphatic hydroxyl groups is 4. The molecule has 0 spiro atoms. The minimum Gasteiger partial charge on any atom is -0.394 e. The number of nitrogens with two attached hydrogens (primary N) is 1. The quantitative estimate of drug-likeness (QED) is 0.312. The van der Waals surface area contributed by atoms with Gasteiger partial charge in [-0.1, -0.05) is 0 Å². The van der Waals surface area contributed by atoms with Crippen molar-refractivity contribution in [1.29, 1.82) is 0 Å². The molecular weight excluding hydrogens is 202 g/mol. The topological polar surface area (TPSA) is 124 Å². The molecule has 7 heteroatoms. The van der Waals surface area contributed by atoms with Gasteiger partial charge < -0.3 is 31.0 Å². The average Bonchev–Trinajstić information content (AvgIpc) is 2.12. The Labute approximate surface area is 81.4 Å². The third kappa shape index (κ3) is 4.51. The number of rotatable bonds is 5. The van der Waals surface area contributed by atoms with E-state index in [1.807, 2.05) is 0 Å². The van der Waals surface area contributed by atoms with Gasteiger partial charge in [-0.05, 0) is 0 Å². The normalized spacial score (nSPS) is 19.5. The molecule has 0 aliphatic rings. The Morgan fingerprint density at radius 1 is 1.23 bits per heavy atom. The largest absolute Gasteiger partial charge is 0.394 e. The van der Waals surface area contributed by atoms with E-state index in [9.17, 15) is 4.79 Å². The number of hydrogen-bond acceptors (Lipinski definition) is 6. The van der Waals surface area contributed by atoms with Crippen LogP contribution in [0.25, 0.3) is 0 Å². The van der Waals surface area contributed by atoms with Crippen molar-refractivity contribution in [3.05, 3.63) is 0 Å². The highest BCUT2D eigenvalue weighted by Gasteiger charge is 2.28. The van der Waals surface area contributed by atoms with Gasteiger partial charge >= 0.3 is 0 Å². The SMILES string of the molecule is Cl.N[C@H](C=O)[C@H](O)[C@@H](O)[C@@H](O)CO. The molecule has 0 unspecified atom stereocenters. The summed E-state index contributed by atoms with van der Waals surface area (Å²) >= 11 is 0. The summed E-state index contributed by atoms with van der Waals surface area (Å²) in [5.74, 6) is 0. The van der Waals surface area contributed by atoms with Crippen LogP contribution in [-0.2, 0) is 4.79 Å². The fourth-order valence-electron chi connectivity index (χ4n) is 0.644. The second-order valence-electron chi connectivity index (χ2n) is 2.44. The Morgan fingerprint density at radius 2 is 1.69 bits per heavy atom. The third-order valence-corrected chi connectivity index (χ3v) is 1.48. The maximum absolute atomic E-state index is 10.0. The van der Waals surface area contributed by atoms with Crippen LogP contribution in [-0.4, -0.2) is 57.7 Å². The zero-order valence-electron chi connectivity index (χ0n) is 6.78. The van der Waals surface area contributed by atoms with E-state index in [1.54, 1.807) is 0 Å². The lowest BCUT2D eigenvalue weighted by Crippen LogP contribution is -2.49. The fourth-order valence-corrected chi connectivity index (χ4v) is 0.644. The second-order valence-corrected chi connectivity index (χ2v) is 2.44. The van der Waals surface area contributed by atoms with Crippen molar-refractivity contribution >= 4 is 18.7 Å². The first-order valence-electron chi connectivity index (χ1n) is 3.40. The van der Waals surface area contributed by atoms with Crippen LogP contribution in [0.4, 0.5) is 0 Å². The van der Waals surface area contributed by atoms with Gasteiger partial charge in [0.05, 0.1) is 12.6 Å². The van der Waals surface area contributed by atoms with Gasteiger partial charge in [-0.25, -0.2) is 0 Å². The van der Waals surface area contributed by atoms with E-state index < -0.39 is 31.0 Å². The number of halogens is 1. The van der Waals surface area contributed by atoms with Gasteiger partial charge in [0.25, 0.3) is 0 Å². The van der Waals surface area contributed by atoms with Crippen LogP contribution in [0.2, 0.25) is 0 Å². The van der Waals surface area contributed by atoms with Crippen LogP contribution in [0.1, 0.15) is 0 Å². The Bertz CT molecular complexity index is 147. The first-order chi connectivity index (χ1) is 5.54. The lowest BCUT2D eigenvalue weighted by Gasteiger charge is -2.23. The lowest BCUT2D eigenvalue weighted by atomic mass is 10.0. The summed E-state index contributed by atoms with van der Waals surface area (Å²) in [5.41, 5.74) is 5.04. The Balaban J connectivity index is 0. The molecule has 4 atom stereocenters. The Hall–Kier alpha value is -0.240. The van der Waals surface area contributed by atoms with Gasteiger partial charge in [-0.15, -0.1) is 12.4 Å². The lowest BCUT2D eigenvalue weighted by molar-refractivity contribution is -0.118. The molecule has 0 amide bonds. The number of carbonyl (C=O) groups excluding carboxylic acids is 1. The fraction of sp³-hybridized carbons (Fsp3) is 0.833. The van der Waals surface area contributed by atoms with Gasteiger partial charge in [-0.3, -0.25) is 0 Å². The first kappa shape index (κ1) is 15.2. The Kier molecular flexibility index (Phi) is 8.43. The molecule has 0 aliphatic carbocycles. The molecule has 6 nitrogen and oxygen atoms in total. The summed E-state index contributed by atoms with van der Waals surface area (Å²) in [4.78, 5) is 10.0. The molecular formula is C6H14ClNO5. The van der Waals surface area contributed by atoms with Gasteiger partial charge in [0, 0.05) is 0 Å². The molecule has 0 rings (SSSR count). The summed E-state index contributed by atoms with van der Waals surface area (Å²) < 4.78 is 0. The molecule has 6 N–H and O–H groups in total. The van der Waals surface area contributed by atoms with E-state index in [0.717, 1.165) is 0 Å². The molecule has 0 bridgehead atoms. The van der Waals surface area contributed by atoms with Crippen molar-refractivity contribution in [2.75, 3.05) is 6.61 Å². The van der Waals surface area contributed by atoms with E-state index in [0.29, 0.717) is 0 Å². The maximum Gasteiger partial charge on any atom is 0.139 e. The van der Waals surface area contributed by atoms with E-state index in [4.69, 9.17) is 26.2 Å². The molecule has 80 valence electrons. The monoisotopic (exact) mass is 215 g/mol. The number of hydrogen-bond donors (Lipinski definition) is 5. The van der Waals surface area contributed by atoms with Crippen molar-refractivity contribution in [2.24, 2.45) is 5.73 Å². The first-order valence-corrected chi connectivity index (χ1v) is 3.40. The summed E-state index contributed by atoms with van der Waals surface area (Å²) in [6, 6.07) is -1.26. The van der Waals surface area contributed by atoms with Crippen LogP contribution in [0, 0.1) is 0 Å². The molecule has 0 heterocycles. The third-order valence-electron chi connectivity index (χ3n) is 1.48. The van der Waals surface area contributed by atoms with Gasteiger partial charge in [-0.2, -0.15) is 0 Å². The number of carbonyl (C=O) groups is 1. The maximum atomic E-state index is 10.0. The molecule has 0 fully saturated rings. The molecule has 0 aromatic heterocycles. The van der Waals surface area contributed by atoms with E-state index in [2.05, 4.69) is 0 Å². The molecule has 0 aliphatic heterocycles. The van der Waals surface area contributed by atoms with E-state index in [1.165, 1.54) is 0 Å². The van der Waals surface area contributed by atoms with Crippen LogP contribution >= 0.6 is 12.4 Å². The molecule has 0 saturated carbocycles. The van der Waals surface area contributed by atoms with Crippen LogP contribution in [0.5, 0.6) is 0 Å². The summed E-state index contributed by atoms with van der Waals surface area (Å²) in [5, 5.41) is 35.2. The highest BCUT2D eigenvalue weighted by atomic mass is 35.5. The highest BCUT2D eigenvalue weighted by molar-refractivity contribution is 5.85. The van der Waals surface area contributed by atoms with Crippen molar-refractivity contribution in [3.63, 3.8) is 0 Å². The van der Waals surface area contributed by atoms with E-state index in [-0.39, 0.29) is 18.7 Å². The molecule has 0 radical (unpaired) electrons. The smallest absolute Gasteiger partial charge is 0.139 e. The van der Waals surface area contributed by atoms with Gasteiger partial charge in [0.1, 0.15) is 24.6 Å². The number of aliphatic hydroxyl groups excluding tert-OH is 4. The minimum atomic E-state index is -1.62. The predicted molar refractivity (Wildman–Crippen MR) is 46.4 cm³/mol. The summed E-state index contributed by atoms with van der Waals surface area (Å²) in [6.45, 7) is -0.705. The zero-order chi connectivity index (χ0) is 9.72. The summed E-state index contributed by atoms with van der Waals surface area (Å²) in [7, 11) is 0. The zero-order valence-corrected chi connectivity index (χ0v) is 7.59. The second kappa shape index (κ2) is 7.19. The van der Waals surface area contributed by atoms with Crippen molar-refractivity contribution in [1.82, 2.24) is 0 Å². The average molecular weight is 216 g/mol. The van der Waals surface area contributed by atoms with Crippen LogP contribution in [0.15, 0.2) is 0 Å². The molecule has 13 heavy (non-hydrogen) atoms. The molecule has 0 aromatic rings. The Morgan fingerprint density at radius 3 is 2.00 bits per heavy atom. The van der Waals surface area contributed by atoms with E-state index >= 15 is 0 Å². The van der Waals surface area contributed by atoms with Gasteiger partial charge in [0.2, 0.25) is 0 Å². The van der Waals surface area contributed by atoms with Gasteiger partial charge in [0.15, 0.2) is 0 Å². The minimum absolute atomic E-state index is 0. The predicted octanol–water partition coefficient (Wildman–Crippen LogP) is -2.99. The summed E-state index contributed by atoms with van der Waals surface area (Å²) in [6.07, 6.45) is -4.43. The van der Waals surface area contributed by atoms with Crippen molar-refractivity contribution < 1.29 is 25.2 Å². The van der Waals surface area contributed by atoms with Crippen molar-refractivity contribution in [2.45, 2.75) is 24.4 Å². The van der Waals surface area contributed by atoms with Crippen LogP contribution in [0.3, 0.4) is 0 Å². The van der Waals surface area contributed by atoms with Crippen LogP contribution < -0.4 is 5.73 Å².